The lowest BCUT2D eigenvalue weighted by Gasteiger charge is -2.24. The van der Waals surface area contributed by atoms with Gasteiger partial charge in [0.1, 0.15) is 5.82 Å². The van der Waals surface area contributed by atoms with Gasteiger partial charge in [0.2, 0.25) is 5.95 Å². The van der Waals surface area contributed by atoms with Gasteiger partial charge in [-0.25, -0.2) is 4.98 Å². The van der Waals surface area contributed by atoms with Gasteiger partial charge in [0.25, 0.3) is 0 Å². The summed E-state index contributed by atoms with van der Waals surface area (Å²) in [5.74, 6) is 1.65. The molecule has 0 aromatic carbocycles. The van der Waals surface area contributed by atoms with Crippen LogP contribution in [0.3, 0.4) is 0 Å². The fourth-order valence-corrected chi connectivity index (χ4v) is 2.49. The van der Waals surface area contributed by atoms with Crippen molar-refractivity contribution in [3.63, 3.8) is 0 Å². The molecule has 0 spiro atoms. The standard InChI is InChI=1S/C14H24N4/c1-3-9-15-13-16-10-6-12(18-13)17-11-14(2)7-4-5-8-14/h6,10H,3-5,7-9,11H2,1-2H3,(H2,15,16,17,18). The van der Waals surface area contributed by atoms with Crippen molar-refractivity contribution in [2.75, 3.05) is 23.7 Å². The Balaban J connectivity index is 1.88. The van der Waals surface area contributed by atoms with Gasteiger partial charge in [0.05, 0.1) is 0 Å². The van der Waals surface area contributed by atoms with Crippen LogP contribution in [0.2, 0.25) is 0 Å². The van der Waals surface area contributed by atoms with Gasteiger partial charge in [-0.3, -0.25) is 0 Å². The predicted octanol–water partition coefficient (Wildman–Crippen LogP) is 3.29. The molecule has 1 heterocycles. The lowest BCUT2D eigenvalue weighted by Crippen LogP contribution is -2.23. The normalized spacial score (nSPS) is 17.7. The average Bonchev–Trinajstić information content (AvgIpc) is 2.82. The van der Waals surface area contributed by atoms with E-state index in [1.54, 1.807) is 0 Å². The zero-order valence-corrected chi connectivity index (χ0v) is 11.5. The van der Waals surface area contributed by atoms with Crippen LogP contribution in [-0.2, 0) is 0 Å². The first kappa shape index (κ1) is 13.1. The van der Waals surface area contributed by atoms with Gasteiger partial charge in [-0.1, -0.05) is 26.7 Å². The van der Waals surface area contributed by atoms with E-state index < -0.39 is 0 Å². The zero-order valence-electron chi connectivity index (χ0n) is 11.5. The Kier molecular flexibility index (Phi) is 4.39. The van der Waals surface area contributed by atoms with E-state index >= 15 is 0 Å². The number of hydrogen-bond donors (Lipinski definition) is 2. The molecule has 18 heavy (non-hydrogen) atoms. The molecule has 100 valence electrons. The Labute approximate surface area is 110 Å². The molecule has 1 saturated carbocycles. The SMILES string of the molecule is CCCNc1nccc(NCC2(C)CCCC2)n1. The fourth-order valence-electron chi connectivity index (χ4n) is 2.49. The maximum Gasteiger partial charge on any atom is 0.224 e. The van der Waals surface area contributed by atoms with Crippen LogP contribution in [0.4, 0.5) is 11.8 Å². The molecule has 4 nitrogen and oxygen atoms in total. The maximum atomic E-state index is 4.47. The van der Waals surface area contributed by atoms with Gasteiger partial charge in [0, 0.05) is 19.3 Å². The van der Waals surface area contributed by atoms with Crippen molar-refractivity contribution in [3.8, 4) is 0 Å². The second kappa shape index (κ2) is 6.03. The highest BCUT2D eigenvalue weighted by Crippen LogP contribution is 2.37. The second-order valence-electron chi connectivity index (χ2n) is 5.56. The lowest BCUT2D eigenvalue weighted by molar-refractivity contribution is 0.361. The molecule has 0 radical (unpaired) electrons. The van der Waals surface area contributed by atoms with Crippen molar-refractivity contribution in [3.05, 3.63) is 12.3 Å². The average molecular weight is 248 g/mol. The Morgan fingerprint density at radius 3 is 2.78 bits per heavy atom. The number of anilines is 2. The molecule has 4 heteroatoms. The van der Waals surface area contributed by atoms with Gasteiger partial charge in [-0.2, -0.15) is 4.98 Å². The predicted molar refractivity (Wildman–Crippen MR) is 75.9 cm³/mol. The molecular weight excluding hydrogens is 224 g/mol. The van der Waals surface area contributed by atoms with Crippen LogP contribution in [0, 0.1) is 5.41 Å². The number of nitrogens with one attached hydrogen (secondary N) is 2. The van der Waals surface area contributed by atoms with Crippen LogP contribution in [0.25, 0.3) is 0 Å². The van der Waals surface area contributed by atoms with E-state index in [2.05, 4.69) is 34.4 Å². The monoisotopic (exact) mass is 248 g/mol. The van der Waals surface area contributed by atoms with E-state index in [0.717, 1.165) is 31.3 Å². The minimum absolute atomic E-state index is 0.446. The summed E-state index contributed by atoms with van der Waals surface area (Å²) in [4.78, 5) is 8.68. The molecule has 1 aliphatic carbocycles. The van der Waals surface area contributed by atoms with Crippen LogP contribution in [0.5, 0.6) is 0 Å². The zero-order chi connectivity index (χ0) is 12.8. The highest BCUT2D eigenvalue weighted by molar-refractivity contribution is 5.39. The van der Waals surface area contributed by atoms with E-state index in [1.807, 2.05) is 12.3 Å². The Bertz CT molecular complexity index is 372. The summed E-state index contributed by atoms with van der Waals surface area (Å²) in [5.41, 5.74) is 0.446. The van der Waals surface area contributed by atoms with Crippen molar-refractivity contribution in [2.24, 2.45) is 5.41 Å². The first-order chi connectivity index (χ1) is 8.72. The van der Waals surface area contributed by atoms with Crippen LogP contribution < -0.4 is 10.6 Å². The highest BCUT2D eigenvalue weighted by Gasteiger charge is 2.28. The third-order valence-corrected chi connectivity index (χ3v) is 3.70. The molecule has 0 bridgehead atoms. The molecule has 0 saturated heterocycles. The summed E-state index contributed by atoms with van der Waals surface area (Å²) in [6.07, 6.45) is 8.28. The van der Waals surface area contributed by atoms with Crippen molar-refractivity contribution in [1.82, 2.24) is 9.97 Å². The Morgan fingerprint density at radius 2 is 2.06 bits per heavy atom. The minimum atomic E-state index is 0.446. The highest BCUT2D eigenvalue weighted by atomic mass is 15.1. The molecular formula is C14H24N4. The molecule has 1 aliphatic rings. The first-order valence-corrected chi connectivity index (χ1v) is 7.03. The lowest BCUT2D eigenvalue weighted by atomic mass is 9.89. The molecule has 1 aromatic heterocycles. The van der Waals surface area contributed by atoms with Crippen LogP contribution in [0.1, 0.15) is 46.0 Å². The van der Waals surface area contributed by atoms with Gasteiger partial charge < -0.3 is 10.6 Å². The molecule has 1 aromatic rings. The summed E-state index contributed by atoms with van der Waals surface area (Å²) in [7, 11) is 0. The molecule has 0 aliphatic heterocycles. The third-order valence-electron chi connectivity index (χ3n) is 3.70. The summed E-state index contributed by atoms with van der Waals surface area (Å²) in [6.45, 7) is 6.43. The summed E-state index contributed by atoms with van der Waals surface area (Å²) < 4.78 is 0. The molecule has 2 N–H and O–H groups in total. The van der Waals surface area contributed by atoms with Gasteiger partial charge in [0.15, 0.2) is 0 Å². The minimum Gasteiger partial charge on any atom is -0.369 e. The van der Waals surface area contributed by atoms with E-state index in [9.17, 15) is 0 Å². The topological polar surface area (TPSA) is 49.8 Å². The molecule has 0 atom stereocenters. The summed E-state index contributed by atoms with van der Waals surface area (Å²) in [5, 5.41) is 6.66. The van der Waals surface area contributed by atoms with Gasteiger partial charge in [-0.05, 0) is 30.7 Å². The van der Waals surface area contributed by atoms with Crippen LogP contribution >= 0.6 is 0 Å². The van der Waals surface area contributed by atoms with Gasteiger partial charge in [-0.15, -0.1) is 0 Å². The van der Waals surface area contributed by atoms with Gasteiger partial charge >= 0.3 is 0 Å². The second-order valence-corrected chi connectivity index (χ2v) is 5.56. The smallest absolute Gasteiger partial charge is 0.224 e. The number of hydrogen-bond acceptors (Lipinski definition) is 4. The fraction of sp³-hybridized carbons (Fsp3) is 0.714. The van der Waals surface area contributed by atoms with E-state index in [0.29, 0.717) is 5.41 Å². The van der Waals surface area contributed by atoms with Crippen molar-refractivity contribution >= 4 is 11.8 Å². The Morgan fingerprint density at radius 1 is 1.28 bits per heavy atom. The molecule has 0 unspecified atom stereocenters. The summed E-state index contributed by atoms with van der Waals surface area (Å²) in [6, 6.07) is 1.94. The first-order valence-electron chi connectivity index (χ1n) is 7.03. The van der Waals surface area contributed by atoms with Crippen molar-refractivity contribution in [1.29, 1.82) is 0 Å². The van der Waals surface area contributed by atoms with E-state index in [4.69, 9.17) is 0 Å². The van der Waals surface area contributed by atoms with E-state index in [1.165, 1.54) is 25.7 Å². The summed E-state index contributed by atoms with van der Waals surface area (Å²) >= 11 is 0. The van der Waals surface area contributed by atoms with Crippen molar-refractivity contribution in [2.45, 2.75) is 46.0 Å². The quantitative estimate of drug-likeness (QED) is 0.811. The number of aromatic nitrogens is 2. The molecule has 1 fully saturated rings. The largest absolute Gasteiger partial charge is 0.369 e. The van der Waals surface area contributed by atoms with Crippen LogP contribution in [0.15, 0.2) is 12.3 Å². The number of rotatable bonds is 6. The Hall–Kier alpha value is -1.32. The third kappa shape index (κ3) is 3.59. The molecule has 2 rings (SSSR count). The van der Waals surface area contributed by atoms with E-state index in [-0.39, 0.29) is 0 Å². The van der Waals surface area contributed by atoms with Crippen molar-refractivity contribution < 1.29 is 0 Å². The molecule has 0 amide bonds. The maximum absolute atomic E-state index is 4.47. The number of nitrogens with zero attached hydrogens (tertiary/aromatic N) is 2. The van der Waals surface area contributed by atoms with Crippen LogP contribution in [-0.4, -0.2) is 23.1 Å².